The molecule has 6 nitrogen and oxygen atoms in total. The molecule has 0 unspecified atom stereocenters. The zero-order chi connectivity index (χ0) is 19.4. The average molecular weight is 394 g/mol. The molecule has 1 N–H and O–H groups in total. The molecule has 2 aromatic carbocycles. The van der Waals surface area contributed by atoms with Crippen molar-refractivity contribution in [3.8, 4) is 5.69 Å². The number of nitrogens with zero attached hydrogens (tertiary/aromatic N) is 4. The first-order valence-electron chi connectivity index (χ1n) is 9.47. The van der Waals surface area contributed by atoms with Crippen molar-refractivity contribution in [3.63, 3.8) is 0 Å². The lowest BCUT2D eigenvalue weighted by Gasteiger charge is -2.42. The normalized spacial score (nSPS) is 15.0. The maximum absolute atomic E-state index is 12.4. The minimum atomic E-state index is 0.00555. The van der Waals surface area contributed by atoms with Gasteiger partial charge in [0.1, 0.15) is 0 Å². The second kappa shape index (κ2) is 8.14. The molecule has 1 saturated carbocycles. The molecule has 7 heteroatoms. The van der Waals surface area contributed by atoms with Crippen LogP contribution in [0.25, 0.3) is 5.69 Å². The highest BCUT2D eigenvalue weighted by atomic mass is 32.2. The Morgan fingerprint density at radius 1 is 1.18 bits per heavy atom. The van der Waals surface area contributed by atoms with E-state index in [-0.39, 0.29) is 17.1 Å². The number of aryl methyl sites for hydroxylation is 1. The van der Waals surface area contributed by atoms with Crippen LogP contribution >= 0.6 is 11.8 Å². The molecule has 0 saturated heterocycles. The van der Waals surface area contributed by atoms with E-state index in [4.69, 9.17) is 0 Å². The third-order valence-electron chi connectivity index (χ3n) is 5.34. The highest BCUT2D eigenvalue weighted by molar-refractivity contribution is 7.99. The first kappa shape index (κ1) is 18.7. The van der Waals surface area contributed by atoms with Gasteiger partial charge in [0.25, 0.3) is 0 Å². The number of hydrogen-bond donors (Lipinski definition) is 1. The Balaban J connectivity index is 1.35. The number of thioether (sulfide) groups is 1. The van der Waals surface area contributed by atoms with Crippen LogP contribution in [0.15, 0.2) is 59.8 Å². The van der Waals surface area contributed by atoms with Crippen LogP contribution in [0.5, 0.6) is 0 Å². The number of tetrazole rings is 1. The molecule has 1 aliphatic carbocycles. The molecular weight excluding hydrogens is 370 g/mol. The number of aromatic nitrogens is 4. The Labute approximate surface area is 168 Å². The van der Waals surface area contributed by atoms with Crippen molar-refractivity contribution < 1.29 is 4.79 Å². The fraction of sp³-hybridized carbons (Fsp3) is 0.333. The summed E-state index contributed by atoms with van der Waals surface area (Å²) >= 11 is 1.35. The first-order chi connectivity index (χ1) is 13.7. The highest BCUT2D eigenvalue weighted by Gasteiger charge is 2.38. The van der Waals surface area contributed by atoms with E-state index in [1.807, 2.05) is 37.3 Å². The summed E-state index contributed by atoms with van der Waals surface area (Å²) < 4.78 is 1.67. The SMILES string of the molecule is Cc1cccc(-n2nnnc2SCC(=O)NCC2(c3ccccc3)CCC2)c1. The molecule has 4 rings (SSSR count). The van der Waals surface area contributed by atoms with Crippen LogP contribution in [0.3, 0.4) is 0 Å². The number of carbonyl (C=O) groups excluding carboxylic acids is 1. The van der Waals surface area contributed by atoms with E-state index in [0.717, 1.165) is 24.1 Å². The van der Waals surface area contributed by atoms with Crippen LogP contribution in [-0.4, -0.2) is 38.4 Å². The van der Waals surface area contributed by atoms with Crippen LogP contribution in [0.4, 0.5) is 0 Å². The van der Waals surface area contributed by atoms with E-state index < -0.39 is 0 Å². The number of hydrogen-bond acceptors (Lipinski definition) is 5. The smallest absolute Gasteiger partial charge is 0.230 e. The first-order valence-corrected chi connectivity index (χ1v) is 10.5. The lowest BCUT2D eigenvalue weighted by molar-refractivity contribution is -0.119. The summed E-state index contributed by atoms with van der Waals surface area (Å²) in [6, 6.07) is 18.5. The van der Waals surface area contributed by atoms with Gasteiger partial charge in [0.05, 0.1) is 11.4 Å². The van der Waals surface area contributed by atoms with Gasteiger partial charge in [0.2, 0.25) is 11.1 Å². The Hall–Kier alpha value is -2.67. The molecule has 0 atom stereocenters. The second-order valence-electron chi connectivity index (χ2n) is 7.28. The third-order valence-corrected chi connectivity index (χ3v) is 6.26. The Bertz CT molecular complexity index is 952. The van der Waals surface area contributed by atoms with Crippen molar-refractivity contribution >= 4 is 17.7 Å². The van der Waals surface area contributed by atoms with Crippen molar-refractivity contribution in [2.75, 3.05) is 12.3 Å². The Kier molecular flexibility index (Phi) is 5.43. The molecule has 28 heavy (non-hydrogen) atoms. The average Bonchev–Trinajstić information content (AvgIpc) is 3.15. The van der Waals surface area contributed by atoms with E-state index >= 15 is 0 Å². The number of nitrogens with one attached hydrogen (secondary N) is 1. The number of benzene rings is 2. The quantitative estimate of drug-likeness (QED) is 0.624. The van der Waals surface area contributed by atoms with Crippen molar-refractivity contribution in [3.05, 3.63) is 65.7 Å². The molecule has 144 valence electrons. The van der Waals surface area contributed by atoms with Crippen molar-refractivity contribution in [2.24, 2.45) is 0 Å². The molecule has 1 heterocycles. The zero-order valence-corrected chi connectivity index (χ0v) is 16.7. The summed E-state index contributed by atoms with van der Waals surface area (Å²) in [5.41, 5.74) is 3.43. The van der Waals surface area contributed by atoms with Gasteiger partial charge in [-0.25, -0.2) is 0 Å². The number of rotatable bonds is 7. The van der Waals surface area contributed by atoms with E-state index in [1.165, 1.54) is 23.7 Å². The minimum Gasteiger partial charge on any atom is -0.354 e. The summed E-state index contributed by atoms with van der Waals surface area (Å²) in [6.45, 7) is 2.70. The second-order valence-corrected chi connectivity index (χ2v) is 8.22. The predicted octanol–water partition coefficient (Wildman–Crippen LogP) is 3.30. The molecule has 3 aromatic rings. The van der Waals surface area contributed by atoms with Gasteiger partial charge in [0.15, 0.2) is 0 Å². The van der Waals surface area contributed by atoms with Gasteiger partial charge in [-0.15, -0.1) is 5.10 Å². The Morgan fingerprint density at radius 2 is 2.00 bits per heavy atom. The molecule has 1 amide bonds. The van der Waals surface area contributed by atoms with Crippen LogP contribution < -0.4 is 5.32 Å². The lowest BCUT2D eigenvalue weighted by Crippen LogP contribution is -2.46. The summed E-state index contributed by atoms with van der Waals surface area (Å²) in [5.74, 6) is 0.294. The molecule has 0 radical (unpaired) electrons. The Morgan fingerprint density at radius 3 is 2.71 bits per heavy atom. The third kappa shape index (κ3) is 3.94. The van der Waals surface area contributed by atoms with Crippen molar-refractivity contribution in [2.45, 2.75) is 36.8 Å². The fourth-order valence-corrected chi connectivity index (χ4v) is 4.32. The van der Waals surface area contributed by atoms with E-state index in [1.54, 1.807) is 4.68 Å². The van der Waals surface area contributed by atoms with E-state index in [2.05, 4.69) is 45.1 Å². The minimum absolute atomic E-state index is 0.00555. The monoisotopic (exact) mass is 393 g/mol. The van der Waals surface area contributed by atoms with Gasteiger partial charge in [-0.3, -0.25) is 4.79 Å². The fourth-order valence-electron chi connectivity index (χ4n) is 3.60. The molecule has 1 aromatic heterocycles. The van der Waals surface area contributed by atoms with Crippen LogP contribution in [-0.2, 0) is 10.2 Å². The molecular formula is C21H23N5OS. The lowest BCUT2D eigenvalue weighted by atomic mass is 9.64. The molecule has 0 aliphatic heterocycles. The topological polar surface area (TPSA) is 72.7 Å². The van der Waals surface area contributed by atoms with E-state index in [0.29, 0.717) is 11.7 Å². The highest BCUT2D eigenvalue weighted by Crippen LogP contribution is 2.43. The zero-order valence-electron chi connectivity index (χ0n) is 15.8. The van der Waals surface area contributed by atoms with Gasteiger partial charge >= 0.3 is 0 Å². The maximum atomic E-state index is 12.4. The van der Waals surface area contributed by atoms with Gasteiger partial charge in [-0.2, -0.15) is 4.68 Å². The summed E-state index contributed by atoms with van der Waals surface area (Å²) in [7, 11) is 0. The standard InChI is InChI=1S/C21H23N5OS/c1-16-7-5-10-18(13-16)26-20(23-24-25-26)28-14-19(27)22-15-21(11-6-12-21)17-8-3-2-4-9-17/h2-5,7-10,13H,6,11-12,14-15H2,1H3,(H,22,27). The van der Waals surface area contributed by atoms with Crippen molar-refractivity contribution in [1.82, 2.24) is 25.5 Å². The summed E-state index contributed by atoms with van der Waals surface area (Å²) in [6.07, 6.45) is 3.46. The van der Waals surface area contributed by atoms with Gasteiger partial charge < -0.3 is 5.32 Å². The van der Waals surface area contributed by atoms with Crippen molar-refractivity contribution in [1.29, 1.82) is 0 Å². The van der Waals surface area contributed by atoms with Gasteiger partial charge in [0, 0.05) is 12.0 Å². The molecule has 0 bridgehead atoms. The summed E-state index contributed by atoms with van der Waals surface area (Å²) in [5, 5.41) is 15.6. The largest absolute Gasteiger partial charge is 0.354 e. The van der Waals surface area contributed by atoms with E-state index in [9.17, 15) is 4.79 Å². The summed E-state index contributed by atoms with van der Waals surface area (Å²) in [4.78, 5) is 12.4. The predicted molar refractivity (Wildman–Crippen MR) is 110 cm³/mol. The maximum Gasteiger partial charge on any atom is 0.230 e. The van der Waals surface area contributed by atoms with Gasteiger partial charge in [-0.05, 0) is 53.5 Å². The van der Waals surface area contributed by atoms with Gasteiger partial charge in [-0.1, -0.05) is 60.6 Å². The molecule has 1 aliphatic rings. The molecule has 1 fully saturated rings. The molecule has 0 spiro atoms. The number of carbonyl (C=O) groups is 1. The van der Waals surface area contributed by atoms with Crippen LogP contribution in [0, 0.1) is 6.92 Å². The van der Waals surface area contributed by atoms with Crippen LogP contribution in [0.2, 0.25) is 0 Å². The van der Waals surface area contributed by atoms with Crippen LogP contribution in [0.1, 0.15) is 30.4 Å². The number of amides is 1.